The maximum Gasteiger partial charge on any atom is 0.321 e. The van der Waals surface area contributed by atoms with Crippen LogP contribution in [-0.4, -0.2) is 49.1 Å². The van der Waals surface area contributed by atoms with Gasteiger partial charge in [-0.1, -0.05) is 42.5 Å². The van der Waals surface area contributed by atoms with E-state index in [2.05, 4.69) is 41.4 Å². The number of anilines is 1. The van der Waals surface area contributed by atoms with Crippen LogP contribution in [-0.2, 0) is 6.42 Å². The summed E-state index contributed by atoms with van der Waals surface area (Å²) in [4.78, 5) is 16.8. The van der Waals surface area contributed by atoms with E-state index >= 15 is 0 Å². The molecule has 1 N–H and O–H groups in total. The highest BCUT2D eigenvalue weighted by Crippen LogP contribution is 2.19. The van der Waals surface area contributed by atoms with Crippen LogP contribution in [0.3, 0.4) is 0 Å². The normalized spacial score (nSPS) is 17.5. The summed E-state index contributed by atoms with van der Waals surface area (Å²) in [6, 6.07) is 18.3. The Morgan fingerprint density at radius 1 is 1.15 bits per heavy atom. The van der Waals surface area contributed by atoms with Gasteiger partial charge in [-0.15, -0.1) is 0 Å². The molecule has 1 aliphatic rings. The van der Waals surface area contributed by atoms with E-state index in [1.165, 1.54) is 30.5 Å². The van der Waals surface area contributed by atoms with Gasteiger partial charge in [0.1, 0.15) is 0 Å². The van der Waals surface area contributed by atoms with Crippen LogP contribution in [0.15, 0.2) is 54.6 Å². The zero-order valence-corrected chi connectivity index (χ0v) is 16.5. The van der Waals surface area contributed by atoms with Gasteiger partial charge in [0.25, 0.3) is 0 Å². The Kier molecular flexibility index (Phi) is 6.88. The molecule has 3 rings (SSSR count). The Morgan fingerprint density at radius 3 is 2.67 bits per heavy atom. The van der Waals surface area contributed by atoms with Gasteiger partial charge in [0, 0.05) is 32.4 Å². The number of nitrogens with zero attached hydrogens (tertiary/aromatic N) is 2. The Balaban J connectivity index is 1.46. The monoisotopic (exact) mass is 365 g/mol. The molecular weight excluding hydrogens is 334 g/mol. The van der Waals surface area contributed by atoms with Crippen molar-refractivity contribution in [3.8, 4) is 0 Å². The third kappa shape index (κ3) is 5.83. The average molecular weight is 366 g/mol. The Morgan fingerprint density at radius 2 is 1.89 bits per heavy atom. The Hall–Kier alpha value is -2.33. The molecule has 2 aromatic carbocycles. The first-order chi connectivity index (χ1) is 13.1. The molecule has 144 valence electrons. The topological polar surface area (TPSA) is 35.6 Å². The number of carbonyl (C=O) groups excluding carboxylic acids is 1. The number of hydrogen-bond donors (Lipinski definition) is 1. The van der Waals surface area contributed by atoms with Gasteiger partial charge in [-0.2, -0.15) is 0 Å². The Labute approximate surface area is 163 Å². The van der Waals surface area contributed by atoms with Gasteiger partial charge in [0.15, 0.2) is 0 Å². The fourth-order valence-electron chi connectivity index (χ4n) is 3.88. The lowest BCUT2D eigenvalue weighted by Crippen LogP contribution is -2.43. The molecule has 0 aliphatic carbocycles. The van der Waals surface area contributed by atoms with Crippen molar-refractivity contribution in [2.45, 2.75) is 26.2 Å². The third-order valence-electron chi connectivity index (χ3n) is 5.47. The summed E-state index contributed by atoms with van der Waals surface area (Å²) in [5.41, 5.74) is 3.67. The highest BCUT2D eigenvalue weighted by atomic mass is 16.2. The number of aryl methyl sites for hydroxylation is 1. The van der Waals surface area contributed by atoms with Gasteiger partial charge < -0.3 is 15.1 Å². The first-order valence-electron chi connectivity index (χ1n) is 9.96. The summed E-state index contributed by atoms with van der Waals surface area (Å²) in [5, 5.41) is 2.97. The van der Waals surface area contributed by atoms with Crippen molar-refractivity contribution in [2.24, 2.45) is 5.92 Å². The van der Waals surface area contributed by atoms with Crippen LogP contribution in [0.5, 0.6) is 0 Å². The number of rotatable bonds is 6. The van der Waals surface area contributed by atoms with E-state index in [-0.39, 0.29) is 6.03 Å². The molecule has 1 saturated heterocycles. The average Bonchev–Trinajstić information content (AvgIpc) is 2.68. The maximum atomic E-state index is 12.4. The fourth-order valence-corrected chi connectivity index (χ4v) is 3.88. The third-order valence-corrected chi connectivity index (χ3v) is 5.47. The van der Waals surface area contributed by atoms with Crippen LogP contribution in [0.25, 0.3) is 0 Å². The molecule has 0 bridgehead atoms. The first-order valence-corrected chi connectivity index (χ1v) is 9.96. The number of nitrogens with one attached hydrogen (secondary N) is 1. The summed E-state index contributed by atoms with van der Waals surface area (Å²) < 4.78 is 0. The smallest absolute Gasteiger partial charge is 0.321 e. The largest absolute Gasteiger partial charge is 0.327 e. The lowest BCUT2D eigenvalue weighted by Gasteiger charge is -2.34. The number of benzene rings is 2. The maximum absolute atomic E-state index is 12.4. The molecule has 1 unspecified atom stereocenters. The van der Waals surface area contributed by atoms with E-state index < -0.39 is 0 Å². The van der Waals surface area contributed by atoms with E-state index in [0.29, 0.717) is 5.92 Å². The Bertz CT molecular complexity index is 731. The summed E-state index contributed by atoms with van der Waals surface area (Å²) in [5.74, 6) is 0.544. The van der Waals surface area contributed by atoms with E-state index in [0.717, 1.165) is 31.7 Å². The van der Waals surface area contributed by atoms with Crippen LogP contribution in [0.4, 0.5) is 10.5 Å². The lowest BCUT2D eigenvalue weighted by molar-refractivity contribution is 0.150. The van der Waals surface area contributed by atoms with Gasteiger partial charge in [-0.3, -0.25) is 0 Å². The second kappa shape index (κ2) is 9.56. The van der Waals surface area contributed by atoms with Crippen LogP contribution in [0.2, 0.25) is 0 Å². The highest BCUT2D eigenvalue weighted by Gasteiger charge is 2.22. The number of amides is 2. The minimum absolute atomic E-state index is 0.0294. The molecule has 0 aromatic heterocycles. The quantitative estimate of drug-likeness (QED) is 0.823. The molecule has 1 aliphatic heterocycles. The van der Waals surface area contributed by atoms with Crippen molar-refractivity contribution < 1.29 is 4.79 Å². The summed E-state index contributed by atoms with van der Waals surface area (Å²) in [6.45, 7) is 6.34. The zero-order chi connectivity index (χ0) is 19.1. The van der Waals surface area contributed by atoms with E-state index in [9.17, 15) is 4.79 Å². The number of piperidine rings is 1. The SMILES string of the molecule is Cc1ccccc1CCN1CCCC(CN(C)C(=O)Nc2ccccc2)C1. The minimum Gasteiger partial charge on any atom is -0.327 e. The van der Waals surface area contributed by atoms with Crippen LogP contribution in [0, 0.1) is 12.8 Å². The van der Waals surface area contributed by atoms with Crippen LogP contribution < -0.4 is 5.32 Å². The van der Waals surface area contributed by atoms with Gasteiger partial charge in [0.2, 0.25) is 0 Å². The number of para-hydroxylation sites is 1. The molecule has 1 fully saturated rings. The van der Waals surface area contributed by atoms with E-state index in [1.807, 2.05) is 42.3 Å². The van der Waals surface area contributed by atoms with Gasteiger partial charge in [-0.05, 0) is 61.9 Å². The molecule has 0 saturated carbocycles. The zero-order valence-electron chi connectivity index (χ0n) is 16.5. The van der Waals surface area contributed by atoms with Crippen LogP contribution in [0.1, 0.15) is 24.0 Å². The molecular formula is C23H31N3O. The molecule has 0 spiro atoms. The molecule has 0 radical (unpaired) electrons. The molecule has 4 nitrogen and oxygen atoms in total. The standard InChI is InChI=1S/C23H31N3O/c1-19-9-6-7-11-21(19)14-16-26-15-8-10-20(18-26)17-25(2)23(27)24-22-12-4-3-5-13-22/h3-7,9,11-13,20H,8,10,14-18H2,1-2H3,(H,24,27). The summed E-state index contributed by atoms with van der Waals surface area (Å²) in [7, 11) is 1.89. The molecule has 1 atom stereocenters. The number of carbonyl (C=O) groups is 1. The van der Waals surface area contributed by atoms with Crippen molar-refractivity contribution in [1.29, 1.82) is 0 Å². The molecule has 4 heteroatoms. The number of hydrogen-bond acceptors (Lipinski definition) is 2. The predicted octanol–water partition coefficient (Wildman–Crippen LogP) is 4.41. The van der Waals surface area contributed by atoms with Gasteiger partial charge in [-0.25, -0.2) is 4.79 Å². The minimum atomic E-state index is -0.0294. The first kappa shape index (κ1) is 19.4. The van der Waals surface area contributed by atoms with Gasteiger partial charge >= 0.3 is 6.03 Å². The highest BCUT2D eigenvalue weighted by molar-refractivity contribution is 5.89. The lowest BCUT2D eigenvalue weighted by atomic mass is 9.97. The van der Waals surface area contributed by atoms with E-state index in [4.69, 9.17) is 0 Å². The van der Waals surface area contributed by atoms with Crippen molar-refractivity contribution in [2.75, 3.05) is 38.5 Å². The fraction of sp³-hybridized carbons (Fsp3) is 0.435. The molecule has 1 heterocycles. The van der Waals surface area contributed by atoms with Crippen molar-refractivity contribution >= 4 is 11.7 Å². The van der Waals surface area contributed by atoms with Crippen LogP contribution >= 0.6 is 0 Å². The number of urea groups is 1. The molecule has 2 amide bonds. The number of likely N-dealkylation sites (tertiary alicyclic amines) is 1. The van der Waals surface area contributed by atoms with E-state index in [1.54, 1.807) is 0 Å². The van der Waals surface area contributed by atoms with Crippen molar-refractivity contribution in [1.82, 2.24) is 9.80 Å². The second-order valence-electron chi connectivity index (χ2n) is 7.66. The predicted molar refractivity (Wildman–Crippen MR) is 112 cm³/mol. The summed E-state index contributed by atoms with van der Waals surface area (Å²) in [6.07, 6.45) is 3.51. The van der Waals surface area contributed by atoms with Crippen molar-refractivity contribution in [3.63, 3.8) is 0 Å². The summed E-state index contributed by atoms with van der Waals surface area (Å²) >= 11 is 0. The molecule has 2 aromatic rings. The molecule has 27 heavy (non-hydrogen) atoms. The van der Waals surface area contributed by atoms with Crippen molar-refractivity contribution in [3.05, 3.63) is 65.7 Å². The second-order valence-corrected chi connectivity index (χ2v) is 7.66. The van der Waals surface area contributed by atoms with Gasteiger partial charge in [0.05, 0.1) is 0 Å².